The zero-order chi connectivity index (χ0) is 23.5. The third-order valence-electron chi connectivity index (χ3n) is 4.42. The number of fused-ring (bicyclic) bond motifs is 1. The van der Waals surface area contributed by atoms with Gasteiger partial charge in [0.2, 0.25) is 10.0 Å². The molecule has 2 atom stereocenters. The van der Waals surface area contributed by atoms with Gasteiger partial charge >= 0.3 is 5.97 Å². The number of halogens is 1. The second-order valence-electron chi connectivity index (χ2n) is 6.87. The monoisotopic (exact) mass is 482 g/mol. The number of ketones is 1. The first-order valence-corrected chi connectivity index (χ1v) is 11.2. The molecule has 0 saturated carbocycles. The van der Waals surface area contributed by atoms with Crippen molar-refractivity contribution in [1.82, 2.24) is 4.72 Å². The molecule has 10 nitrogen and oxygen atoms in total. The zero-order valence-corrected chi connectivity index (χ0v) is 18.3. The number of carbonyl (C=O) groups excluding carboxylic acids is 3. The van der Waals surface area contributed by atoms with Crippen LogP contribution in [0.4, 0.5) is 5.69 Å². The Morgan fingerprint density at radius 1 is 1.25 bits per heavy atom. The largest absolute Gasteiger partial charge is 0.482 e. The molecule has 1 aliphatic rings. The van der Waals surface area contributed by atoms with E-state index >= 15 is 0 Å². The summed E-state index contributed by atoms with van der Waals surface area (Å²) in [5, 5.41) is 12.8. The minimum atomic E-state index is -4.18. The molecule has 0 radical (unpaired) electrons. The van der Waals surface area contributed by atoms with E-state index in [0.717, 1.165) is 0 Å². The normalized spacial score (nSPS) is 15.0. The van der Waals surface area contributed by atoms with Crippen molar-refractivity contribution >= 4 is 45.0 Å². The molecule has 0 spiro atoms. The Balaban J connectivity index is 1.66. The number of rotatable bonds is 8. The lowest BCUT2D eigenvalue weighted by Gasteiger charge is -2.20. The van der Waals surface area contributed by atoms with Gasteiger partial charge in [-0.2, -0.15) is 4.72 Å². The summed E-state index contributed by atoms with van der Waals surface area (Å²) >= 11 is 5.75. The molecule has 12 heteroatoms. The third kappa shape index (κ3) is 5.62. The van der Waals surface area contributed by atoms with Gasteiger partial charge in [-0.1, -0.05) is 11.6 Å². The standard InChI is InChI=1S/C20H19ClN2O8S/c1-11(24)19(23-32(28,29)14-5-3-13(21)4-6-14)20(27)31-9-16(25)12-2-7-17-15(8-12)22-18(26)10-30-17/h2-8,11,19,23-24H,9-10H2,1H3,(H,22,26)/t11-,19+/m0/s1. The van der Waals surface area contributed by atoms with Crippen LogP contribution in [0.3, 0.4) is 0 Å². The van der Waals surface area contributed by atoms with Gasteiger partial charge in [-0.3, -0.25) is 14.4 Å². The van der Waals surface area contributed by atoms with Crippen LogP contribution >= 0.6 is 11.6 Å². The third-order valence-corrected chi connectivity index (χ3v) is 6.13. The molecule has 1 heterocycles. The van der Waals surface area contributed by atoms with Crippen LogP contribution in [0, 0.1) is 0 Å². The van der Waals surface area contributed by atoms with Crippen molar-refractivity contribution in [2.45, 2.75) is 24.0 Å². The molecule has 3 rings (SSSR count). The predicted molar refractivity (Wildman–Crippen MR) is 113 cm³/mol. The molecular formula is C20H19ClN2O8S. The molecular weight excluding hydrogens is 464 g/mol. The maximum absolute atomic E-state index is 12.5. The minimum absolute atomic E-state index is 0.134. The van der Waals surface area contributed by atoms with Gasteiger partial charge in [0.15, 0.2) is 19.0 Å². The molecule has 0 aliphatic carbocycles. The van der Waals surface area contributed by atoms with Crippen molar-refractivity contribution in [3.63, 3.8) is 0 Å². The van der Waals surface area contributed by atoms with Crippen LogP contribution in [-0.2, 0) is 24.3 Å². The number of hydrogen-bond acceptors (Lipinski definition) is 8. The number of benzene rings is 2. The van der Waals surface area contributed by atoms with Crippen molar-refractivity contribution < 1.29 is 37.4 Å². The number of esters is 1. The Morgan fingerprint density at radius 3 is 2.59 bits per heavy atom. The van der Waals surface area contributed by atoms with Crippen molar-refractivity contribution in [3.8, 4) is 5.75 Å². The molecule has 0 unspecified atom stereocenters. The van der Waals surface area contributed by atoms with Crippen molar-refractivity contribution in [2.75, 3.05) is 18.5 Å². The summed E-state index contributed by atoms with van der Waals surface area (Å²) in [6.07, 6.45) is -1.45. The Hall–Kier alpha value is -2.99. The van der Waals surface area contributed by atoms with E-state index in [0.29, 0.717) is 16.5 Å². The van der Waals surface area contributed by atoms with Gasteiger partial charge in [0.05, 0.1) is 16.7 Å². The van der Waals surface area contributed by atoms with E-state index in [1.807, 2.05) is 0 Å². The fourth-order valence-electron chi connectivity index (χ4n) is 2.76. The van der Waals surface area contributed by atoms with Crippen LogP contribution < -0.4 is 14.8 Å². The predicted octanol–water partition coefficient (Wildman–Crippen LogP) is 1.12. The fraction of sp³-hybridized carbons (Fsp3) is 0.250. The van der Waals surface area contributed by atoms with E-state index in [1.54, 1.807) is 0 Å². The Bertz CT molecular complexity index is 1150. The Morgan fingerprint density at radius 2 is 1.94 bits per heavy atom. The topological polar surface area (TPSA) is 148 Å². The Kier molecular flexibility index (Phi) is 7.14. The number of ether oxygens (including phenoxy) is 2. The number of amides is 1. The van der Waals surface area contributed by atoms with E-state index in [4.69, 9.17) is 21.1 Å². The maximum Gasteiger partial charge on any atom is 0.327 e. The average molecular weight is 483 g/mol. The number of Topliss-reactive ketones (excluding diaryl/α,β-unsaturated/α-hetero) is 1. The van der Waals surface area contributed by atoms with E-state index in [9.17, 15) is 27.9 Å². The molecule has 0 fully saturated rings. The summed E-state index contributed by atoms with van der Waals surface area (Å²) in [7, 11) is -4.18. The molecule has 1 amide bonds. The molecule has 1 aliphatic heterocycles. The van der Waals surface area contributed by atoms with Gasteiger partial charge in [0.1, 0.15) is 11.8 Å². The summed E-state index contributed by atoms with van der Waals surface area (Å²) in [4.78, 5) is 36.0. The van der Waals surface area contributed by atoms with Gasteiger partial charge in [-0.15, -0.1) is 0 Å². The first-order chi connectivity index (χ1) is 15.1. The highest BCUT2D eigenvalue weighted by molar-refractivity contribution is 7.89. The minimum Gasteiger partial charge on any atom is -0.482 e. The second-order valence-corrected chi connectivity index (χ2v) is 9.02. The number of nitrogens with one attached hydrogen (secondary N) is 2. The van der Waals surface area contributed by atoms with Crippen LogP contribution in [-0.4, -0.2) is 56.5 Å². The number of anilines is 1. The summed E-state index contributed by atoms with van der Waals surface area (Å²) in [5.41, 5.74) is 0.439. The lowest BCUT2D eigenvalue weighted by atomic mass is 10.1. The molecule has 0 saturated heterocycles. The summed E-state index contributed by atoms with van der Waals surface area (Å²) in [6, 6.07) is 7.82. The number of hydrogen-bond donors (Lipinski definition) is 3. The highest BCUT2D eigenvalue weighted by Crippen LogP contribution is 2.28. The number of carbonyl (C=O) groups is 3. The maximum atomic E-state index is 12.5. The highest BCUT2D eigenvalue weighted by atomic mass is 35.5. The summed E-state index contributed by atoms with van der Waals surface area (Å²) in [5.74, 6) is -1.73. The van der Waals surface area contributed by atoms with Crippen molar-refractivity contribution in [2.24, 2.45) is 0 Å². The fourth-order valence-corrected chi connectivity index (χ4v) is 4.14. The van der Waals surface area contributed by atoms with Crippen LogP contribution in [0.25, 0.3) is 0 Å². The van der Waals surface area contributed by atoms with Gasteiger partial charge in [-0.25, -0.2) is 8.42 Å². The van der Waals surface area contributed by atoms with E-state index in [2.05, 4.69) is 10.0 Å². The van der Waals surface area contributed by atoms with E-state index in [-0.39, 0.29) is 23.0 Å². The molecule has 0 aromatic heterocycles. The first-order valence-electron chi connectivity index (χ1n) is 9.29. The molecule has 170 valence electrons. The summed E-state index contributed by atoms with van der Waals surface area (Å²) < 4.78 is 37.2. The molecule has 3 N–H and O–H groups in total. The first kappa shape index (κ1) is 23.7. The van der Waals surface area contributed by atoms with Crippen molar-refractivity contribution in [3.05, 3.63) is 53.1 Å². The van der Waals surface area contributed by atoms with Gasteiger partial charge in [0.25, 0.3) is 5.91 Å². The SMILES string of the molecule is C[C@H](O)[C@@H](NS(=O)(=O)c1ccc(Cl)cc1)C(=O)OCC(=O)c1ccc2c(c1)NC(=O)CO2. The van der Waals surface area contributed by atoms with Crippen LogP contribution in [0.15, 0.2) is 47.4 Å². The van der Waals surface area contributed by atoms with Gasteiger partial charge in [-0.05, 0) is 49.4 Å². The highest BCUT2D eigenvalue weighted by Gasteiger charge is 2.31. The van der Waals surface area contributed by atoms with Crippen LogP contribution in [0.1, 0.15) is 17.3 Å². The van der Waals surface area contributed by atoms with Crippen molar-refractivity contribution in [1.29, 1.82) is 0 Å². The van der Waals surface area contributed by atoms with E-state index in [1.165, 1.54) is 49.4 Å². The quantitative estimate of drug-likeness (QED) is 0.374. The van der Waals surface area contributed by atoms with Gasteiger partial charge in [0, 0.05) is 10.6 Å². The smallest absolute Gasteiger partial charge is 0.327 e. The summed E-state index contributed by atoms with van der Waals surface area (Å²) in [6.45, 7) is 0.354. The molecule has 2 aromatic rings. The number of aliphatic hydroxyl groups excluding tert-OH is 1. The van der Waals surface area contributed by atoms with Crippen LogP contribution in [0.2, 0.25) is 5.02 Å². The number of aliphatic hydroxyl groups is 1. The van der Waals surface area contributed by atoms with E-state index < -0.39 is 40.5 Å². The molecule has 2 aromatic carbocycles. The average Bonchev–Trinajstić information content (AvgIpc) is 2.75. The van der Waals surface area contributed by atoms with Gasteiger partial charge < -0.3 is 19.9 Å². The molecule has 32 heavy (non-hydrogen) atoms. The number of sulfonamides is 1. The van der Waals surface area contributed by atoms with Crippen LogP contribution in [0.5, 0.6) is 5.75 Å². The lowest BCUT2D eigenvalue weighted by Crippen LogP contribution is -2.48. The zero-order valence-electron chi connectivity index (χ0n) is 16.7. The molecule has 0 bridgehead atoms. The Labute approximate surface area is 188 Å². The second kappa shape index (κ2) is 9.65. The lowest BCUT2D eigenvalue weighted by molar-refractivity contribution is -0.147.